The molecule has 4 heteroatoms. The molecule has 0 aliphatic carbocycles. The van der Waals surface area contributed by atoms with E-state index < -0.39 is 5.91 Å². The molecule has 0 bridgehead atoms. The van der Waals surface area contributed by atoms with Crippen molar-refractivity contribution in [3.63, 3.8) is 0 Å². The first kappa shape index (κ1) is 17.3. The molecule has 0 fully saturated rings. The summed E-state index contributed by atoms with van der Waals surface area (Å²) in [6, 6.07) is 17.7. The van der Waals surface area contributed by atoms with Crippen molar-refractivity contribution in [2.24, 2.45) is 0 Å². The number of nitrogens with zero attached hydrogens (tertiary/aromatic N) is 1. The molecule has 0 aromatic heterocycles. The summed E-state index contributed by atoms with van der Waals surface area (Å²) < 4.78 is 0. The van der Waals surface area contributed by atoms with E-state index in [1.54, 1.807) is 48.5 Å². The fourth-order valence-electron chi connectivity index (χ4n) is 2.20. The number of carbonyl (C=O) groups excluding carboxylic acids is 1. The van der Waals surface area contributed by atoms with Crippen LogP contribution in [0.4, 0.5) is 5.69 Å². The van der Waals surface area contributed by atoms with E-state index in [1.807, 2.05) is 12.1 Å². The lowest BCUT2D eigenvalue weighted by atomic mass is 9.87. The van der Waals surface area contributed by atoms with Crippen LogP contribution in [0.3, 0.4) is 0 Å². The molecule has 0 aliphatic rings. The zero-order chi connectivity index (χ0) is 17.7. The minimum Gasteiger partial charge on any atom is -0.506 e. The molecule has 0 atom stereocenters. The number of nitrogens with one attached hydrogen (secondary N) is 1. The third-order valence-electron chi connectivity index (χ3n) is 3.63. The first-order chi connectivity index (χ1) is 11.3. The summed E-state index contributed by atoms with van der Waals surface area (Å²) >= 11 is 0. The average molecular weight is 320 g/mol. The van der Waals surface area contributed by atoms with Crippen LogP contribution in [0.15, 0.2) is 60.2 Å². The molecule has 2 rings (SSSR count). The highest BCUT2D eigenvalue weighted by Crippen LogP contribution is 2.24. The quantitative estimate of drug-likeness (QED) is 0.499. The van der Waals surface area contributed by atoms with Gasteiger partial charge in [-0.3, -0.25) is 4.79 Å². The molecule has 2 aromatic rings. The minimum absolute atomic E-state index is 0.0197. The number of amides is 1. The summed E-state index contributed by atoms with van der Waals surface area (Å²) in [4.78, 5) is 12.3. The molecule has 0 heterocycles. The van der Waals surface area contributed by atoms with E-state index in [2.05, 4.69) is 26.1 Å². The molecule has 0 radical (unpaired) electrons. The zero-order valence-electron chi connectivity index (χ0n) is 14.0. The van der Waals surface area contributed by atoms with Crippen LogP contribution in [0.25, 0.3) is 5.76 Å². The summed E-state index contributed by atoms with van der Waals surface area (Å²) in [7, 11) is 0. The lowest BCUT2D eigenvalue weighted by Gasteiger charge is -2.19. The van der Waals surface area contributed by atoms with Crippen molar-refractivity contribution in [2.75, 3.05) is 5.32 Å². The number of carbonyl (C=O) groups is 1. The van der Waals surface area contributed by atoms with Gasteiger partial charge in [-0.05, 0) is 23.1 Å². The third-order valence-corrected chi connectivity index (χ3v) is 3.63. The van der Waals surface area contributed by atoms with E-state index in [0.717, 1.165) is 5.56 Å². The molecular weight excluding hydrogens is 300 g/mol. The van der Waals surface area contributed by atoms with Gasteiger partial charge in [0.15, 0.2) is 5.57 Å². The molecule has 0 saturated heterocycles. The van der Waals surface area contributed by atoms with Gasteiger partial charge in [-0.2, -0.15) is 5.26 Å². The Morgan fingerprint density at radius 1 is 1.04 bits per heavy atom. The Morgan fingerprint density at radius 3 is 2.12 bits per heavy atom. The van der Waals surface area contributed by atoms with Crippen molar-refractivity contribution < 1.29 is 9.90 Å². The molecule has 1 amide bonds. The third kappa shape index (κ3) is 4.02. The molecule has 0 unspecified atom stereocenters. The SMILES string of the molecule is CC(C)(C)c1ccc(NC(=O)/C(C#N)=C(\O)c2ccccc2)cc1. The highest BCUT2D eigenvalue weighted by Gasteiger charge is 2.17. The number of benzene rings is 2. The van der Waals surface area contributed by atoms with Crippen molar-refractivity contribution >= 4 is 17.4 Å². The second-order valence-electron chi connectivity index (χ2n) is 6.48. The van der Waals surface area contributed by atoms with Crippen molar-refractivity contribution in [3.05, 3.63) is 71.3 Å². The van der Waals surface area contributed by atoms with Gasteiger partial charge in [0.05, 0.1) is 0 Å². The maximum atomic E-state index is 12.3. The predicted octanol–water partition coefficient (Wildman–Crippen LogP) is 4.42. The van der Waals surface area contributed by atoms with Crippen LogP contribution in [0.5, 0.6) is 0 Å². The van der Waals surface area contributed by atoms with Gasteiger partial charge in [0.2, 0.25) is 0 Å². The van der Waals surface area contributed by atoms with Gasteiger partial charge in [-0.15, -0.1) is 0 Å². The monoisotopic (exact) mass is 320 g/mol. The topological polar surface area (TPSA) is 73.1 Å². The lowest BCUT2D eigenvalue weighted by molar-refractivity contribution is -0.112. The van der Waals surface area contributed by atoms with Crippen LogP contribution in [0.1, 0.15) is 31.9 Å². The molecule has 0 spiro atoms. The maximum absolute atomic E-state index is 12.3. The van der Waals surface area contributed by atoms with Crippen LogP contribution in [0.2, 0.25) is 0 Å². The first-order valence-corrected chi connectivity index (χ1v) is 7.63. The van der Waals surface area contributed by atoms with Crippen molar-refractivity contribution in [1.82, 2.24) is 0 Å². The summed E-state index contributed by atoms with van der Waals surface area (Å²) in [6.45, 7) is 6.32. The second kappa shape index (κ2) is 7.01. The van der Waals surface area contributed by atoms with Crippen molar-refractivity contribution in [1.29, 1.82) is 5.26 Å². The summed E-state index contributed by atoms with van der Waals surface area (Å²) in [5.41, 5.74) is 1.84. The number of anilines is 1. The van der Waals surface area contributed by atoms with Crippen LogP contribution < -0.4 is 5.32 Å². The van der Waals surface area contributed by atoms with Gasteiger partial charge < -0.3 is 10.4 Å². The summed E-state index contributed by atoms with van der Waals surface area (Å²) in [5.74, 6) is -0.968. The van der Waals surface area contributed by atoms with Gasteiger partial charge in [0.1, 0.15) is 11.8 Å². The Morgan fingerprint density at radius 2 is 1.62 bits per heavy atom. The molecule has 24 heavy (non-hydrogen) atoms. The smallest absolute Gasteiger partial charge is 0.270 e. The number of hydrogen-bond donors (Lipinski definition) is 2. The summed E-state index contributed by atoms with van der Waals surface area (Å²) in [6.07, 6.45) is 0. The van der Waals surface area contributed by atoms with E-state index in [-0.39, 0.29) is 16.7 Å². The predicted molar refractivity (Wildman–Crippen MR) is 95.4 cm³/mol. The van der Waals surface area contributed by atoms with Crippen LogP contribution >= 0.6 is 0 Å². The van der Waals surface area contributed by atoms with Crippen LogP contribution in [-0.2, 0) is 10.2 Å². The maximum Gasteiger partial charge on any atom is 0.270 e. The Balaban J connectivity index is 2.23. The Bertz CT molecular complexity index is 792. The van der Waals surface area contributed by atoms with E-state index in [1.165, 1.54) is 0 Å². The van der Waals surface area contributed by atoms with Crippen molar-refractivity contribution in [2.45, 2.75) is 26.2 Å². The molecule has 0 saturated carbocycles. The largest absolute Gasteiger partial charge is 0.506 e. The van der Waals surface area contributed by atoms with Gasteiger partial charge >= 0.3 is 0 Å². The van der Waals surface area contributed by atoms with Gasteiger partial charge in [0.25, 0.3) is 5.91 Å². The molecule has 0 aliphatic heterocycles. The number of rotatable bonds is 3. The Labute approximate surface area is 142 Å². The Kier molecular flexibility index (Phi) is 5.05. The summed E-state index contributed by atoms with van der Waals surface area (Å²) in [5, 5.41) is 22.0. The second-order valence-corrected chi connectivity index (χ2v) is 6.48. The molecule has 122 valence electrons. The highest BCUT2D eigenvalue weighted by atomic mass is 16.3. The van der Waals surface area contributed by atoms with Crippen LogP contribution in [0, 0.1) is 11.3 Å². The van der Waals surface area contributed by atoms with Gasteiger partial charge in [-0.1, -0.05) is 63.2 Å². The first-order valence-electron chi connectivity index (χ1n) is 7.63. The number of hydrogen-bond acceptors (Lipinski definition) is 3. The lowest BCUT2D eigenvalue weighted by Crippen LogP contribution is -2.16. The van der Waals surface area contributed by atoms with E-state index in [4.69, 9.17) is 0 Å². The number of aliphatic hydroxyl groups is 1. The zero-order valence-corrected chi connectivity index (χ0v) is 14.0. The van der Waals surface area contributed by atoms with E-state index in [9.17, 15) is 15.2 Å². The van der Waals surface area contributed by atoms with Crippen molar-refractivity contribution in [3.8, 4) is 6.07 Å². The number of aliphatic hydroxyl groups excluding tert-OH is 1. The normalized spacial score (nSPS) is 12.1. The van der Waals surface area contributed by atoms with Gasteiger partial charge in [0, 0.05) is 11.3 Å². The fraction of sp³-hybridized carbons (Fsp3) is 0.200. The van der Waals surface area contributed by atoms with Gasteiger partial charge in [-0.25, -0.2) is 0 Å². The van der Waals surface area contributed by atoms with E-state index in [0.29, 0.717) is 11.3 Å². The van der Waals surface area contributed by atoms with E-state index >= 15 is 0 Å². The molecule has 2 aromatic carbocycles. The minimum atomic E-state index is -0.637. The molecular formula is C20H20N2O2. The molecule has 2 N–H and O–H groups in total. The standard InChI is InChI=1S/C20H20N2O2/c1-20(2,3)15-9-11-16(12-10-15)22-19(24)17(13-21)18(23)14-7-5-4-6-8-14/h4-12,23H,1-3H3,(H,22,24)/b18-17-. The number of nitriles is 1. The highest BCUT2D eigenvalue weighted by molar-refractivity contribution is 6.10. The fourth-order valence-corrected chi connectivity index (χ4v) is 2.20. The van der Waals surface area contributed by atoms with Crippen LogP contribution in [-0.4, -0.2) is 11.0 Å². The average Bonchev–Trinajstić information content (AvgIpc) is 2.56. The Hall–Kier alpha value is -3.06. The molecule has 4 nitrogen and oxygen atoms in total.